The number of imidazole rings is 1. The number of hydrogen-bond acceptors (Lipinski definition) is 4. The maximum absolute atomic E-state index is 11.2. The molecule has 0 saturated heterocycles. The second-order valence-electron chi connectivity index (χ2n) is 3.03. The van der Waals surface area contributed by atoms with Gasteiger partial charge in [0, 0.05) is 12.4 Å². The summed E-state index contributed by atoms with van der Waals surface area (Å²) in [7, 11) is 0. The summed E-state index contributed by atoms with van der Waals surface area (Å²) in [5.74, 6) is -1.49. The van der Waals surface area contributed by atoms with Crippen molar-refractivity contribution in [2.45, 2.75) is 19.8 Å². The Balaban J connectivity index is 2.49. The number of rotatable bonds is 5. The zero-order valence-corrected chi connectivity index (χ0v) is 8.84. The van der Waals surface area contributed by atoms with Crippen LogP contribution in [-0.2, 0) is 4.74 Å². The van der Waals surface area contributed by atoms with E-state index in [9.17, 15) is 9.59 Å². The van der Waals surface area contributed by atoms with Crippen molar-refractivity contribution in [3.8, 4) is 0 Å². The van der Waals surface area contributed by atoms with Crippen molar-refractivity contribution in [1.29, 1.82) is 0 Å². The van der Waals surface area contributed by atoms with Crippen LogP contribution in [0.4, 0.5) is 4.79 Å². The number of amides is 1. The molecule has 1 amide bonds. The monoisotopic (exact) mass is 227 g/mol. The van der Waals surface area contributed by atoms with Crippen LogP contribution in [0.5, 0.6) is 0 Å². The highest BCUT2D eigenvalue weighted by molar-refractivity contribution is 5.85. The highest BCUT2D eigenvalue weighted by atomic mass is 16.6. The van der Waals surface area contributed by atoms with Crippen molar-refractivity contribution in [2.24, 2.45) is 0 Å². The molecule has 1 aromatic heterocycles. The second kappa shape index (κ2) is 5.74. The third kappa shape index (κ3) is 3.26. The Hall–Kier alpha value is -2.05. The summed E-state index contributed by atoms with van der Waals surface area (Å²) < 4.78 is 5.80. The molecule has 0 fully saturated rings. The molecule has 1 aromatic rings. The van der Waals surface area contributed by atoms with Crippen LogP contribution in [0, 0.1) is 0 Å². The zero-order chi connectivity index (χ0) is 12.0. The van der Waals surface area contributed by atoms with E-state index in [1.165, 1.54) is 12.4 Å². The fourth-order valence-electron chi connectivity index (χ4n) is 0.992. The van der Waals surface area contributed by atoms with Gasteiger partial charge in [-0.05, 0) is 6.42 Å². The summed E-state index contributed by atoms with van der Waals surface area (Å²) in [5, 5.41) is 8.71. The minimum atomic E-state index is -1.22. The molecule has 0 bridgehead atoms. The van der Waals surface area contributed by atoms with Crippen molar-refractivity contribution in [3.05, 3.63) is 18.2 Å². The topological polar surface area (TPSA) is 93.5 Å². The number of aromatic nitrogens is 2. The number of carbonyl (C=O) groups excluding carboxylic acids is 1. The zero-order valence-electron chi connectivity index (χ0n) is 8.84. The van der Waals surface area contributed by atoms with E-state index in [-0.39, 0.29) is 5.82 Å². The van der Waals surface area contributed by atoms with Gasteiger partial charge >= 0.3 is 12.1 Å². The Labute approximate surface area is 92.0 Å². The normalized spacial score (nSPS) is 9.81. The average molecular weight is 227 g/mol. The van der Waals surface area contributed by atoms with Gasteiger partial charge in [-0.1, -0.05) is 13.3 Å². The molecule has 0 unspecified atom stereocenters. The third-order valence-corrected chi connectivity index (χ3v) is 1.77. The molecule has 0 atom stereocenters. The lowest BCUT2D eigenvalue weighted by Gasteiger charge is -2.07. The molecule has 0 aliphatic rings. The molecule has 2 N–H and O–H groups in total. The molecule has 7 nitrogen and oxygen atoms in total. The Bertz CT molecular complexity index is 375. The predicted octanol–water partition coefficient (Wildman–Crippen LogP) is 1.06. The lowest BCUT2D eigenvalue weighted by atomic mass is 10.4. The molecule has 16 heavy (non-hydrogen) atoms. The first kappa shape index (κ1) is 12.0. The Morgan fingerprint density at radius 2 is 2.38 bits per heavy atom. The Kier molecular flexibility index (Phi) is 4.31. The highest BCUT2D eigenvalue weighted by Crippen LogP contribution is 1.95. The number of hydrogen-bond donors (Lipinski definition) is 2. The van der Waals surface area contributed by atoms with Gasteiger partial charge in [0.25, 0.3) is 0 Å². The highest BCUT2D eigenvalue weighted by Gasteiger charge is 2.12. The van der Waals surface area contributed by atoms with Crippen LogP contribution in [0.3, 0.4) is 0 Å². The maximum Gasteiger partial charge on any atom is 0.426 e. The van der Waals surface area contributed by atoms with Gasteiger partial charge in [0.1, 0.15) is 0 Å². The number of carboxylic acids is 1. The Morgan fingerprint density at radius 1 is 1.62 bits per heavy atom. The van der Waals surface area contributed by atoms with Crippen molar-refractivity contribution >= 4 is 12.1 Å². The van der Waals surface area contributed by atoms with Gasteiger partial charge in [0.05, 0.1) is 6.61 Å². The molecule has 0 aliphatic carbocycles. The molecule has 0 aliphatic heterocycles. The molecule has 7 heteroatoms. The smallest absolute Gasteiger partial charge is 0.426 e. The average Bonchev–Trinajstić information content (AvgIpc) is 2.66. The van der Waals surface area contributed by atoms with Crippen LogP contribution >= 0.6 is 0 Å². The van der Waals surface area contributed by atoms with Gasteiger partial charge in [-0.2, -0.15) is 0 Å². The molecular formula is C9H13N3O4. The summed E-state index contributed by atoms with van der Waals surface area (Å²) in [6.45, 7) is 2.28. The van der Waals surface area contributed by atoms with E-state index in [0.717, 1.165) is 17.5 Å². The van der Waals surface area contributed by atoms with Crippen molar-refractivity contribution in [3.63, 3.8) is 0 Å². The second-order valence-corrected chi connectivity index (χ2v) is 3.03. The van der Waals surface area contributed by atoms with E-state index in [1.807, 2.05) is 6.92 Å². The van der Waals surface area contributed by atoms with Crippen LogP contribution in [0.1, 0.15) is 30.4 Å². The number of ether oxygens (including phenoxy) is 1. The van der Waals surface area contributed by atoms with E-state index in [0.29, 0.717) is 6.61 Å². The number of nitrogens with zero attached hydrogens (tertiary/aromatic N) is 2. The van der Waals surface area contributed by atoms with E-state index in [2.05, 4.69) is 10.4 Å². The van der Waals surface area contributed by atoms with Crippen LogP contribution in [0.2, 0.25) is 0 Å². The summed E-state index contributed by atoms with van der Waals surface area (Å²) >= 11 is 0. The van der Waals surface area contributed by atoms with Crippen LogP contribution < -0.4 is 5.43 Å². The van der Waals surface area contributed by atoms with E-state index in [1.54, 1.807) is 0 Å². The van der Waals surface area contributed by atoms with Gasteiger partial charge in [0.2, 0.25) is 5.82 Å². The van der Waals surface area contributed by atoms with Gasteiger partial charge < -0.3 is 9.84 Å². The number of unbranched alkanes of at least 4 members (excludes halogenated alkanes) is 1. The first-order valence-electron chi connectivity index (χ1n) is 4.85. The molecular weight excluding hydrogens is 214 g/mol. The van der Waals surface area contributed by atoms with Crippen molar-refractivity contribution < 1.29 is 19.4 Å². The fourth-order valence-corrected chi connectivity index (χ4v) is 0.992. The van der Waals surface area contributed by atoms with Gasteiger partial charge in [-0.25, -0.2) is 24.7 Å². The quantitative estimate of drug-likeness (QED) is 0.733. The van der Waals surface area contributed by atoms with Crippen molar-refractivity contribution in [1.82, 2.24) is 9.66 Å². The lowest BCUT2D eigenvalue weighted by molar-refractivity contribution is 0.0680. The molecule has 0 spiro atoms. The maximum atomic E-state index is 11.2. The molecule has 1 heterocycles. The SMILES string of the molecule is CCCCOC(=O)Nn1ccnc1C(=O)O. The molecule has 0 saturated carbocycles. The van der Waals surface area contributed by atoms with Gasteiger partial charge in [0.15, 0.2) is 0 Å². The van der Waals surface area contributed by atoms with Crippen LogP contribution in [0.15, 0.2) is 12.4 Å². The largest absolute Gasteiger partial charge is 0.475 e. The summed E-state index contributed by atoms with van der Waals surface area (Å²) in [6, 6.07) is 0. The number of aromatic carboxylic acids is 1. The van der Waals surface area contributed by atoms with E-state index < -0.39 is 12.1 Å². The first-order valence-corrected chi connectivity index (χ1v) is 4.85. The molecule has 0 aromatic carbocycles. The number of nitrogens with one attached hydrogen (secondary N) is 1. The minimum absolute atomic E-state index is 0.271. The van der Waals surface area contributed by atoms with Crippen LogP contribution in [0.25, 0.3) is 0 Å². The molecule has 1 rings (SSSR count). The summed E-state index contributed by atoms with van der Waals surface area (Å²) in [6.07, 6.45) is 3.58. The fraction of sp³-hybridized carbons (Fsp3) is 0.444. The molecule has 0 radical (unpaired) electrons. The third-order valence-electron chi connectivity index (χ3n) is 1.77. The summed E-state index contributed by atoms with van der Waals surface area (Å²) in [5.41, 5.74) is 2.24. The molecule has 88 valence electrons. The van der Waals surface area contributed by atoms with Gasteiger partial charge in [-0.3, -0.25) is 0 Å². The Morgan fingerprint density at radius 3 is 3.00 bits per heavy atom. The minimum Gasteiger partial charge on any atom is -0.475 e. The first-order chi connectivity index (χ1) is 7.65. The number of carboxylic acid groups (broad SMARTS) is 1. The van der Waals surface area contributed by atoms with Crippen LogP contribution in [-0.4, -0.2) is 33.4 Å². The lowest BCUT2D eigenvalue weighted by Crippen LogP contribution is -2.26. The van der Waals surface area contributed by atoms with Crippen molar-refractivity contribution in [2.75, 3.05) is 12.0 Å². The summed E-state index contributed by atoms with van der Waals surface area (Å²) in [4.78, 5) is 25.4. The van der Waals surface area contributed by atoms with E-state index >= 15 is 0 Å². The van der Waals surface area contributed by atoms with Gasteiger partial charge in [-0.15, -0.1) is 0 Å². The number of carbonyl (C=O) groups is 2. The standard InChI is InChI=1S/C9H13N3O4/c1-2-3-6-16-9(15)11-12-5-4-10-7(12)8(13)14/h4-5H,2-3,6H2,1H3,(H,11,15)(H,13,14). The predicted molar refractivity (Wildman–Crippen MR) is 54.8 cm³/mol. The van der Waals surface area contributed by atoms with E-state index in [4.69, 9.17) is 9.84 Å².